The summed E-state index contributed by atoms with van der Waals surface area (Å²) in [5.41, 5.74) is 0. The van der Waals surface area contributed by atoms with Gasteiger partial charge < -0.3 is 14.6 Å². The third-order valence-electron chi connectivity index (χ3n) is 4.61. The minimum Gasteiger partial charge on any atom is -0.550 e. The van der Waals surface area contributed by atoms with Gasteiger partial charge in [0, 0.05) is 5.97 Å². The Bertz CT molecular complexity index is 492. The number of carbonyl (C=O) groups excluding carboxylic acids is 3. The maximum atomic E-state index is 10.4. The summed E-state index contributed by atoms with van der Waals surface area (Å²) in [5, 5.41) is 10.2. The zero-order valence-electron chi connectivity index (χ0n) is 22.6. The summed E-state index contributed by atoms with van der Waals surface area (Å²) in [6.07, 6.45) is 21.1. The van der Waals surface area contributed by atoms with Gasteiger partial charge in [0.05, 0.1) is 6.61 Å². The monoisotopic (exact) mass is 497 g/mol. The van der Waals surface area contributed by atoms with Crippen molar-refractivity contribution in [3.8, 4) is 0 Å². The maximum Gasteiger partial charge on any atom is 0.313 e. The van der Waals surface area contributed by atoms with Crippen LogP contribution in [0, 0.1) is 0 Å². The van der Waals surface area contributed by atoms with Crippen molar-refractivity contribution in [2.24, 2.45) is 0 Å². The predicted molar refractivity (Wildman–Crippen MR) is 138 cm³/mol. The molecule has 0 aromatic carbocycles. The van der Waals surface area contributed by atoms with Crippen molar-refractivity contribution in [3.63, 3.8) is 0 Å². The largest absolute Gasteiger partial charge is 0.550 e. The van der Waals surface area contributed by atoms with E-state index in [1.54, 1.807) is 6.92 Å². The number of esters is 1. The summed E-state index contributed by atoms with van der Waals surface area (Å²) in [7, 11) is 0. The van der Waals surface area contributed by atoms with Gasteiger partial charge in [-0.1, -0.05) is 70.4 Å². The Hall–Kier alpha value is -1.16. The van der Waals surface area contributed by atoms with Crippen LogP contribution in [0.25, 0.3) is 0 Å². The average molecular weight is 498 g/mol. The van der Waals surface area contributed by atoms with Gasteiger partial charge >= 0.3 is 46.3 Å². The van der Waals surface area contributed by atoms with Crippen LogP contribution in [0.5, 0.6) is 0 Å². The first-order valence-electron chi connectivity index (χ1n) is 13.1. The van der Waals surface area contributed by atoms with Crippen molar-refractivity contribution < 1.29 is 28.0 Å². The molecule has 0 bridgehead atoms. The van der Waals surface area contributed by atoms with Crippen LogP contribution in [0.3, 0.4) is 0 Å². The average Bonchev–Trinajstić information content (AvgIpc) is 2.76. The van der Waals surface area contributed by atoms with Gasteiger partial charge in [-0.15, -0.1) is 0 Å². The third kappa shape index (κ3) is 44.5. The number of ketones is 1. The number of hydrogen-bond donors (Lipinski definition) is 0. The number of allylic oxidation sites excluding steroid dienone is 2. The summed E-state index contributed by atoms with van der Waals surface area (Å²) >= 11 is 2.19. The van der Waals surface area contributed by atoms with Gasteiger partial charge in [0.15, 0.2) is 0 Å². The number of rotatable bonds is 19. The topological polar surface area (TPSA) is 92.7 Å². The standard InChI is InChI=1S/C18H34O2.C6H10O3.C3H7O.Al/c1-2-3-4-5-6-7-8-9-10-11-12-13-14-15-16-17-18(19)20;1-3-9-6(8)4-5(2)7;1-3(2)4;/h9-10H,2-8,11-17H2,1H3,(H,19,20);3-4H2,1-2H3;3H,1-2H3;/q;;-1;+2/p-1. The molecule has 34 heavy (non-hydrogen) atoms. The van der Waals surface area contributed by atoms with Crippen LogP contribution < -0.4 is 5.11 Å². The normalized spacial score (nSPS) is 10.3. The van der Waals surface area contributed by atoms with Crippen molar-refractivity contribution in [3.05, 3.63) is 12.2 Å². The summed E-state index contributed by atoms with van der Waals surface area (Å²) < 4.78 is 9.16. The van der Waals surface area contributed by atoms with E-state index >= 15 is 0 Å². The number of ether oxygens (including phenoxy) is 1. The molecule has 0 aliphatic carbocycles. The molecule has 0 aliphatic rings. The van der Waals surface area contributed by atoms with Crippen LogP contribution in [0.4, 0.5) is 0 Å². The molecule has 0 aromatic heterocycles. The van der Waals surface area contributed by atoms with Crippen molar-refractivity contribution in [2.75, 3.05) is 6.61 Å². The van der Waals surface area contributed by atoms with Crippen molar-refractivity contribution >= 4 is 34.3 Å². The Morgan fingerprint density at radius 2 is 1.26 bits per heavy atom. The van der Waals surface area contributed by atoms with E-state index in [2.05, 4.69) is 44.2 Å². The predicted octanol–water partition coefficient (Wildman–Crippen LogP) is 5.80. The summed E-state index contributed by atoms with van der Waals surface area (Å²) in [6, 6.07) is 0. The first kappa shape index (κ1) is 37.4. The second-order valence-corrected chi connectivity index (χ2v) is 8.85. The van der Waals surface area contributed by atoms with Crippen LogP contribution in [-0.4, -0.2) is 47.1 Å². The van der Waals surface area contributed by atoms with Gasteiger partial charge in [-0.2, -0.15) is 0 Å². The van der Waals surface area contributed by atoms with Gasteiger partial charge in [-0.3, -0.25) is 9.59 Å². The number of carboxylic acids is 1. The Balaban J connectivity index is -0.000000563. The van der Waals surface area contributed by atoms with E-state index in [4.69, 9.17) is 0 Å². The maximum absolute atomic E-state index is 10.4. The number of Topliss-reactive ketones (excluding diaryl/α,β-unsaturated/α-hetero) is 1. The summed E-state index contributed by atoms with van der Waals surface area (Å²) in [6.45, 7) is 9.62. The number of unbranched alkanes of at least 4 members (excludes halogenated alkanes) is 11. The molecule has 6 nitrogen and oxygen atoms in total. The minimum absolute atomic E-state index is 0.103. The molecular weight excluding hydrogens is 447 g/mol. The molecule has 7 heteroatoms. The van der Waals surface area contributed by atoms with E-state index in [-0.39, 0.29) is 18.6 Å². The molecule has 197 valence electrons. The fourth-order valence-electron chi connectivity index (χ4n) is 2.76. The summed E-state index contributed by atoms with van der Waals surface area (Å²) in [4.78, 5) is 30.9. The van der Waals surface area contributed by atoms with Gasteiger partial charge in [0.25, 0.3) is 0 Å². The van der Waals surface area contributed by atoms with Gasteiger partial charge in [0.2, 0.25) is 0 Å². The number of aliphatic carboxylic acids is 1. The Kier molecular flexibility index (Phi) is 35.0. The molecule has 0 heterocycles. The smallest absolute Gasteiger partial charge is 0.313 e. The van der Waals surface area contributed by atoms with Crippen molar-refractivity contribution in [2.45, 2.75) is 137 Å². The molecule has 0 aromatic rings. The van der Waals surface area contributed by atoms with Crippen LogP contribution in [0.15, 0.2) is 12.2 Å². The van der Waals surface area contributed by atoms with Gasteiger partial charge in [0.1, 0.15) is 12.2 Å². The molecule has 0 saturated heterocycles. The van der Waals surface area contributed by atoms with E-state index in [0.29, 0.717) is 12.7 Å². The molecule has 0 aliphatic heterocycles. The molecule has 0 rings (SSSR count). The Labute approximate surface area is 218 Å². The molecular formula is C27H50AlO6. The quantitative estimate of drug-likeness (QED) is 0.0736. The fraction of sp³-hybridized carbons (Fsp3) is 0.815. The molecule has 0 N–H and O–H groups in total. The van der Waals surface area contributed by atoms with Crippen LogP contribution in [0.2, 0.25) is 0 Å². The molecule has 0 unspecified atom stereocenters. The first-order valence-corrected chi connectivity index (χ1v) is 13.5. The SMILES string of the molecule is CC(C)[O][Al+].CCCCCCCCC=CCCCCCCCC(=O)[O-].CCOC(=O)CC(C)=O. The molecule has 0 spiro atoms. The zero-order chi connectivity index (χ0) is 26.5. The van der Waals surface area contributed by atoms with Crippen molar-refractivity contribution in [1.29, 1.82) is 0 Å². The molecule has 0 amide bonds. The fourth-order valence-corrected chi connectivity index (χ4v) is 2.76. The van der Waals surface area contributed by atoms with Crippen LogP contribution >= 0.6 is 0 Å². The number of carbonyl (C=O) groups is 3. The van der Waals surface area contributed by atoms with Crippen LogP contribution in [-0.2, 0) is 22.9 Å². The third-order valence-corrected chi connectivity index (χ3v) is 5.16. The van der Waals surface area contributed by atoms with Crippen LogP contribution in [0.1, 0.15) is 131 Å². The van der Waals surface area contributed by atoms with E-state index in [1.165, 1.54) is 71.1 Å². The first-order chi connectivity index (χ1) is 16.2. The Morgan fingerprint density at radius 3 is 1.65 bits per heavy atom. The van der Waals surface area contributed by atoms with E-state index in [9.17, 15) is 19.5 Å². The van der Waals surface area contributed by atoms with E-state index in [0.717, 1.165) is 19.3 Å². The Morgan fingerprint density at radius 1 is 0.824 bits per heavy atom. The van der Waals surface area contributed by atoms with E-state index < -0.39 is 11.9 Å². The molecule has 1 radical (unpaired) electrons. The number of carboxylic acid groups (broad SMARTS) is 1. The minimum atomic E-state index is -0.914. The number of hydrogen-bond acceptors (Lipinski definition) is 6. The van der Waals surface area contributed by atoms with Gasteiger partial charge in [-0.05, 0) is 52.4 Å². The zero-order valence-corrected chi connectivity index (χ0v) is 23.7. The second kappa shape index (κ2) is 31.8. The molecule has 0 saturated carbocycles. The molecule has 0 atom stereocenters. The molecule has 0 fully saturated rings. The van der Waals surface area contributed by atoms with E-state index in [1.807, 2.05) is 13.8 Å². The van der Waals surface area contributed by atoms with Gasteiger partial charge in [-0.25, -0.2) is 0 Å². The van der Waals surface area contributed by atoms with Crippen molar-refractivity contribution in [1.82, 2.24) is 0 Å². The second-order valence-electron chi connectivity index (χ2n) is 8.57. The summed E-state index contributed by atoms with van der Waals surface area (Å²) in [5.74, 6) is -1.51.